The molecule has 2 saturated heterocycles. The summed E-state index contributed by atoms with van der Waals surface area (Å²) < 4.78 is 27.0. The first-order valence-electron chi connectivity index (χ1n) is 7.62. The number of aryl methyl sites for hydroxylation is 1. The highest BCUT2D eigenvalue weighted by atomic mass is 32.2. The summed E-state index contributed by atoms with van der Waals surface area (Å²) in [5, 5.41) is 6.33. The molecule has 2 heterocycles. The lowest BCUT2D eigenvalue weighted by Crippen LogP contribution is -2.59. The highest BCUT2D eigenvalue weighted by Crippen LogP contribution is 2.33. The summed E-state index contributed by atoms with van der Waals surface area (Å²) in [5.41, 5.74) is 0.298. The van der Waals surface area contributed by atoms with Crippen LogP contribution in [0.3, 0.4) is 0 Å². The van der Waals surface area contributed by atoms with E-state index in [1.54, 1.807) is 24.3 Å². The Kier molecular flexibility index (Phi) is 3.96. The highest BCUT2D eigenvalue weighted by molar-refractivity contribution is 7.89. The van der Waals surface area contributed by atoms with Gasteiger partial charge in [-0.15, -0.1) is 0 Å². The van der Waals surface area contributed by atoms with E-state index < -0.39 is 15.7 Å². The van der Waals surface area contributed by atoms with E-state index in [-0.39, 0.29) is 17.3 Å². The molecule has 1 amide bonds. The van der Waals surface area contributed by atoms with Crippen molar-refractivity contribution in [1.82, 2.24) is 14.9 Å². The Bertz CT molecular complexity index is 664. The standard InChI is InChI=1S/C15H21N3O3S/c1-2-12-3-5-13(6-4-12)22(20,21)18-14(19)11-17-15(18)7-9-16-10-8-15/h3-6,16-17H,2,7-11H2,1H3. The monoisotopic (exact) mass is 323 g/mol. The fourth-order valence-electron chi connectivity index (χ4n) is 3.21. The first-order chi connectivity index (χ1) is 10.5. The number of carbonyl (C=O) groups is 1. The van der Waals surface area contributed by atoms with Crippen LogP contribution < -0.4 is 10.6 Å². The van der Waals surface area contributed by atoms with Crippen molar-refractivity contribution in [3.8, 4) is 0 Å². The van der Waals surface area contributed by atoms with Crippen LogP contribution in [0.2, 0.25) is 0 Å². The Morgan fingerprint density at radius 2 is 1.82 bits per heavy atom. The summed E-state index contributed by atoms with van der Waals surface area (Å²) in [5.74, 6) is -0.374. The number of amides is 1. The minimum atomic E-state index is -3.83. The van der Waals surface area contributed by atoms with Crippen molar-refractivity contribution in [3.63, 3.8) is 0 Å². The normalized spacial score (nSPS) is 21.5. The molecule has 22 heavy (non-hydrogen) atoms. The molecule has 0 saturated carbocycles. The summed E-state index contributed by atoms with van der Waals surface area (Å²) >= 11 is 0. The van der Waals surface area contributed by atoms with Crippen molar-refractivity contribution in [3.05, 3.63) is 29.8 Å². The number of rotatable bonds is 3. The van der Waals surface area contributed by atoms with Crippen LogP contribution >= 0.6 is 0 Å². The van der Waals surface area contributed by atoms with Gasteiger partial charge < -0.3 is 5.32 Å². The van der Waals surface area contributed by atoms with Crippen molar-refractivity contribution in [2.45, 2.75) is 36.7 Å². The van der Waals surface area contributed by atoms with Gasteiger partial charge >= 0.3 is 0 Å². The fraction of sp³-hybridized carbons (Fsp3) is 0.533. The molecule has 0 atom stereocenters. The highest BCUT2D eigenvalue weighted by Gasteiger charge is 2.51. The Morgan fingerprint density at radius 3 is 2.41 bits per heavy atom. The molecule has 0 aromatic heterocycles. The minimum Gasteiger partial charge on any atom is -0.316 e. The lowest BCUT2D eigenvalue weighted by Gasteiger charge is -2.40. The molecule has 6 nitrogen and oxygen atoms in total. The molecule has 3 rings (SSSR count). The maximum absolute atomic E-state index is 13.0. The van der Waals surface area contributed by atoms with Crippen LogP contribution in [0.4, 0.5) is 0 Å². The molecule has 120 valence electrons. The van der Waals surface area contributed by atoms with E-state index in [9.17, 15) is 13.2 Å². The number of hydrogen-bond acceptors (Lipinski definition) is 5. The van der Waals surface area contributed by atoms with Crippen molar-refractivity contribution in [1.29, 1.82) is 0 Å². The van der Waals surface area contributed by atoms with Gasteiger partial charge in [-0.2, -0.15) is 0 Å². The molecule has 1 spiro atoms. The van der Waals surface area contributed by atoms with Crippen LogP contribution in [-0.4, -0.2) is 43.9 Å². The number of benzene rings is 1. The zero-order valence-electron chi connectivity index (χ0n) is 12.6. The van der Waals surface area contributed by atoms with Gasteiger partial charge in [0.15, 0.2) is 0 Å². The molecule has 1 aromatic carbocycles. The molecule has 0 bridgehead atoms. The van der Waals surface area contributed by atoms with Crippen molar-refractivity contribution < 1.29 is 13.2 Å². The zero-order chi connectivity index (χ0) is 15.8. The van der Waals surface area contributed by atoms with Crippen LogP contribution in [0.1, 0.15) is 25.3 Å². The molecule has 0 radical (unpaired) electrons. The third kappa shape index (κ3) is 2.43. The predicted molar refractivity (Wildman–Crippen MR) is 82.7 cm³/mol. The Morgan fingerprint density at radius 1 is 1.18 bits per heavy atom. The van der Waals surface area contributed by atoms with Gasteiger partial charge in [-0.1, -0.05) is 19.1 Å². The molecule has 2 aliphatic heterocycles. The molecule has 2 N–H and O–H groups in total. The topological polar surface area (TPSA) is 78.5 Å². The van der Waals surface area contributed by atoms with Gasteiger partial charge in [-0.25, -0.2) is 12.7 Å². The third-order valence-electron chi connectivity index (χ3n) is 4.48. The summed E-state index contributed by atoms with van der Waals surface area (Å²) in [6.45, 7) is 3.48. The van der Waals surface area contributed by atoms with E-state index in [1.165, 1.54) is 0 Å². The van der Waals surface area contributed by atoms with Gasteiger partial charge in [-0.3, -0.25) is 10.1 Å². The molecule has 2 aliphatic rings. The van der Waals surface area contributed by atoms with Crippen LogP contribution in [-0.2, 0) is 21.2 Å². The maximum Gasteiger partial charge on any atom is 0.268 e. The van der Waals surface area contributed by atoms with Gasteiger partial charge in [-0.05, 0) is 50.0 Å². The Labute approximate surface area is 130 Å². The van der Waals surface area contributed by atoms with E-state index in [0.29, 0.717) is 25.9 Å². The molecule has 7 heteroatoms. The Balaban J connectivity index is 1.99. The van der Waals surface area contributed by atoms with Crippen LogP contribution in [0.25, 0.3) is 0 Å². The molecule has 0 unspecified atom stereocenters. The minimum absolute atomic E-state index is 0.0757. The maximum atomic E-state index is 13.0. The third-order valence-corrected chi connectivity index (χ3v) is 6.39. The average Bonchev–Trinajstić information content (AvgIpc) is 2.85. The van der Waals surface area contributed by atoms with Gasteiger partial charge in [0.25, 0.3) is 15.9 Å². The fourth-order valence-corrected chi connectivity index (χ4v) is 4.94. The number of hydrogen-bond donors (Lipinski definition) is 2. The van der Waals surface area contributed by atoms with Crippen LogP contribution in [0.15, 0.2) is 29.2 Å². The molecule has 0 aliphatic carbocycles. The first-order valence-corrected chi connectivity index (χ1v) is 9.06. The van der Waals surface area contributed by atoms with E-state index in [4.69, 9.17) is 0 Å². The average molecular weight is 323 g/mol. The first kappa shape index (κ1) is 15.5. The van der Waals surface area contributed by atoms with E-state index in [2.05, 4.69) is 10.6 Å². The summed E-state index contributed by atoms with van der Waals surface area (Å²) in [7, 11) is -3.83. The SMILES string of the molecule is CCc1ccc(S(=O)(=O)N2C(=O)CNC23CCNCC3)cc1. The second-order valence-electron chi connectivity index (χ2n) is 5.80. The van der Waals surface area contributed by atoms with Crippen LogP contribution in [0, 0.1) is 0 Å². The van der Waals surface area contributed by atoms with E-state index in [0.717, 1.165) is 16.3 Å². The summed E-state index contributed by atoms with van der Waals surface area (Å²) in [4.78, 5) is 12.4. The number of piperidine rings is 1. The molecular weight excluding hydrogens is 302 g/mol. The van der Waals surface area contributed by atoms with Crippen LogP contribution in [0.5, 0.6) is 0 Å². The van der Waals surface area contributed by atoms with Gasteiger partial charge in [0, 0.05) is 0 Å². The smallest absolute Gasteiger partial charge is 0.268 e. The lowest BCUT2D eigenvalue weighted by molar-refractivity contribution is -0.125. The van der Waals surface area contributed by atoms with Gasteiger partial charge in [0.1, 0.15) is 5.66 Å². The quantitative estimate of drug-likeness (QED) is 0.844. The zero-order valence-corrected chi connectivity index (χ0v) is 13.4. The number of nitrogens with one attached hydrogen (secondary N) is 2. The molecular formula is C15H21N3O3S. The number of sulfonamides is 1. The summed E-state index contributed by atoms with van der Waals surface area (Å²) in [6, 6.07) is 6.79. The Hall–Kier alpha value is -1.44. The molecule has 2 fully saturated rings. The second-order valence-corrected chi connectivity index (χ2v) is 7.58. The van der Waals surface area contributed by atoms with Gasteiger partial charge in [0.05, 0.1) is 11.4 Å². The van der Waals surface area contributed by atoms with E-state index in [1.807, 2.05) is 6.92 Å². The molecule has 1 aromatic rings. The predicted octanol–water partition coefficient (Wildman–Crippen LogP) is 0.449. The van der Waals surface area contributed by atoms with Crippen molar-refractivity contribution in [2.24, 2.45) is 0 Å². The number of nitrogens with zero attached hydrogens (tertiary/aromatic N) is 1. The number of carbonyl (C=O) groups excluding carboxylic acids is 1. The van der Waals surface area contributed by atoms with Gasteiger partial charge in [0.2, 0.25) is 0 Å². The summed E-state index contributed by atoms with van der Waals surface area (Å²) in [6.07, 6.45) is 2.02. The lowest BCUT2D eigenvalue weighted by atomic mass is 9.99. The van der Waals surface area contributed by atoms with Crippen molar-refractivity contribution >= 4 is 15.9 Å². The second kappa shape index (κ2) is 5.64. The largest absolute Gasteiger partial charge is 0.316 e. The van der Waals surface area contributed by atoms with E-state index >= 15 is 0 Å². The van der Waals surface area contributed by atoms with Crippen molar-refractivity contribution in [2.75, 3.05) is 19.6 Å².